The number of nitrogens with zero attached hydrogens (tertiary/aromatic N) is 2. The fourth-order valence-corrected chi connectivity index (χ4v) is 4.14. The quantitative estimate of drug-likeness (QED) is 0.723. The predicted molar refractivity (Wildman–Crippen MR) is 101 cm³/mol. The average molecular weight is 370 g/mol. The van der Waals surface area contributed by atoms with Crippen LogP contribution in [0.15, 0.2) is 34.1 Å². The van der Waals surface area contributed by atoms with Crippen LogP contribution < -0.4 is 5.32 Å². The molecule has 0 spiro atoms. The minimum Gasteiger partial charge on any atom is -0.460 e. The van der Waals surface area contributed by atoms with E-state index < -0.39 is 0 Å². The first-order valence-corrected chi connectivity index (χ1v) is 9.68. The summed E-state index contributed by atoms with van der Waals surface area (Å²) in [5.74, 6) is 1.34. The lowest BCUT2D eigenvalue weighted by atomic mass is 10.1. The summed E-state index contributed by atoms with van der Waals surface area (Å²) >= 11 is 1.84. The highest BCUT2D eigenvalue weighted by Gasteiger charge is 2.22. The Hall–Kier alpha value is -2.38. The van der Waals surface area contributed by atoms with Crippen molar-refractivity contribution in [3.05, 3.63) is 51.5 Å². The van der Waals surface area contributed by atoms with Crippen LogP contribution in [0.5, 0.6) is 0 Å². The van der Waals surface area contributed by atoms with Crippen molar-refractivity contribution in [2.75, 3.05) is 13.1 Å². The standard InChI is InChI=1S/C19H22N4O2S/c1-12(23-7-5-18-14(11-23)6-8-26-18)10-20-19(24)16-9-15(21-22-16)17-4-3-13(2)25-17/h3-4,6,8-9,12H,5,7,10-11H2,1-2H3,(H,20,24)(H,21,22). The van der Waals surface area contributed by atoms with Gasteiger partial charge in [-0.1, -0.05) is 0 Å². The van der Waals surface area contributed by atoms with Crippen LogP contribution in [-0.4, -0.2) is 40.1 Å². The van der Waals surface area contributed by atoms with E-state index >= 15 is 0 Å². The third kappa shape index (κ3) is 3.45. The maximum absolute atomic E-state index is 12.4. The Morgan fingerprint density at radius 2 is 2.35 bits per heavy atom. The highest BCUT2D eigenvalue weighted by atomic mass is 32.1. The van der Waals surface area contributed by atoms with Gasteiger partial charge in [-0.25, -0.2) is 0 Å². The molecular weight excluding hydrogens is 348 g/mol. The van der Waals surface area contributed by atoms with Gasteiger partial charge in [0.15, 0.2) is 11.5 Å². The summed E-state index contributed by atoms with van der Waals surface area (Å²) in [5, 5.41) is 12.1. The molecule has 0 saturated carbocycles. The van der Waals surface area contributed by atoms with Gasteiger partial charge in [0.1, 0.15) is 11.5 Å². The summed E-state index contributed by atoms with van der Waals surface area (Å²) in [6.07, 6.45) is 1.09. The summed E-state index contributed by atoms with van der Waals surface area (Å²) < 4.78 is 5.55. The topological polar surface area (TPSA) is 74.2 Å². The van der Waals surface area contributed by atoms with Crippen LogP contribution in [0.25, 0.3) is 11.5 Å². The van der Waals surface area contributed by atoms with Gasteiger partial charge < -0.3 is 9.73 Å². The third-order valence-electron chi connectivity index (χ3n) is 4.83. The van der Waals surface area contributed by atoms with E-state index in [1.807, 2.05) is 30.4 Å². The van der Waals surface area contributed by atoms with Gasteiger partial charge >= 0.3 is 0 Å². The van der Waals surface area contributed by atoms with Gasteiger partial charge in [0.05, 0.1) is 0 Å². The fraction of sp³-hybridized carbons (Fsp3) is 0.368. The molecule has 0 radical (unpaired) electrons. The molecule has 1 atom stereocenters. The van der Waals surface area contributed by atoms with Crippen LogP contribution in [-0.2, 0) is 13.0 Å². The lowest BCUT2D eigenvalue weighted by Gasteiger charge is -2.32. The number of H-pyrrole nitrogens is 1. The largest absolute Gasteiger partial charge is 0.460 e. The van der Waals surface area contributed by atoms with Crippen molar-refractivity contribution in [1.29, 1.82) is 0 Å². The molecule has 1 amide bonds. The number of carbonyl (C=O) groups excluding carboxylic acids is 1. The van der Waals surface area contributed by atoms with Gasteiger partial charge in [0.25, 0.3) is 5.91 Å². The molecule has 1 aliphatic heterocycles. The summed E-state index contributed by atoms with van der Waals surface area (Å²) in [4.78, 5) is 16.3. The van der Waals surface area contributed by atoms with Crippen molar-refractivity contribution in [2.45, 2.75) is 32.9 Å². The summed E-state index contributed by atoms with van der Waals surface area (Å²) in [6, 6.07) is 7.95. The van der Waals surface area contributed by atoms with Crippen molar-refractivity contribution in [2.24, 2.45) is 0 Å². The third-order valence-corrected chi connectivity index (χ3v) is 5.86. The van der Waals surface area contributed by atoms with Crippen molar-refractivity contribution in [3.63, 3.8) is 0 Å². The molecule has 2 N–H and O–H groups in total. The second-order valence-corrected chi connectivity index (χ2v) is 7.73. The molecule has 1 unspecified atom stereocenters. The molecule has 4 heterocycles. The van der Waals surface area contributed by atoms with E-state index in [0.717, 1.165) is 25.3 Å². The SMILES string of the molecule is Cc1ccc(-c2cc(C(=O)NCC(C)N3CCc4sccc4C3)n[nH]2)o1. The Bertz CT molecular complexity index is 910. The predicted octanol–water partition coefficient (Wildman–Crippen LogP) is 3.22. The highest BCUT2D eigenvalue weighted by Crippen LogP contribution is 2.25. The number of amides is 1. The lowest BCUT2D eigenvalue weighted by molar-refractivity contribution is 0.0927. The molecule has 4 rings (SSSR count). The van der Waals surface area contributed by atoms with Crippen LogP contribution in [0.1, 0.15) is 33.6 Å². The van der Waals surface area contributed by atoms with Gasteiger partial charge in [-0.15, -0.1) is 11.3 Å². The number of nitrogens with one attached hydrogen (secondary N) is 2. The summed E-state index contributed by atoms with van der Waals surface area (Å²) in [7, 11) is 0. The summed E-state index contributed by atoms with van der Waals surface area (Å²) in [6.45, 7) is 6.63. The minimum atomic E-state index is -0.171. The van der Waals surface area contributed by atoms with Crippen LogP contribution in [0.2, 0.25) is 0 Å². The van der Waals surface area contributed by atoms with Crippen molar-refractivity contribution >= 4 is 17.2 Å². The van der Waals surface area contributed by atoms with Crippen LogP contribution in [0.3, 0.4) is 0 Å². The van der Waals surface area contributed by atoms with Crippen LogP contribution in [0.4, 0.5) is 0 Å². The molecule has 6 nitrogen and oxygen atoms in total. The Morgan fingerprint density at radius 3 is 3.15 bits per heavy atom. The molecule has 7 heteroatoms. The zero-order valence-electron chi connectivity index (χ0n) is 14.9. The molecular formula is C19H22N4O2S. The van der Waals surface area contributed by atoms with E-state index in [1.165, 1.54) is 10.4 Å². The molecule has 3 aromatic heterocycles. The van der Waals surface area contributed by atoms with Crippen molar-refractivity contribution < 1.29 is 9.21 Å². The van der Waals surface area contributed by atoms with E-state index in [0.29, 0.717) is 23.7 Å². The Balaban J connectivity index is 1.33. The molecule has 0 saturated heterocycles. The second kappa shape index (κ2) is 7.09. The van der Waals surface area contributed by atoms with Gasteiger partial charge in [0, 0.05) is 36.6 Å². The van der Waals surface area contributed by atoms with E-state index in [2.05, 4.69) is 38.8 Å². The Kier molecular flexibility index (Phi) is 4.65. The first kappa shape index (κ1) is 17.1. The van der Waals surface area contributed by atoms with Crippen LogP contribution in [0, 0.1) is 6.92 Å². The molecule has 3 aromatic rings. The zero-order valence-corrected chi connectivity index (χ0v) is 15.7. The number of aromatic amines is 1. The number of furan rings is 1. The van der Waals surface area contributed by atoms with E-state index in [1.54, 1.807) is 6.07 Å². The summed E-state index contributed by atoms with van der Waals surface area (Å²) in [5.41, 5.74) is 2.50. The van der Waals surface area contributed by atoms with E-state index in [-0.39, 0.29) is 11.9 Å². The van der Waals surface area contributed by atoms with Gasteiger partial charge in [-0.3, -0.25) is 14.8 Å². The normalized spacial score (nSPS) is 15.6. The fourth-order valence-electron chi connectivity index (χ4n) is 3.25. The van der Waals surface area contributed by atoms with E-state index in [9.17, 15) is 4.79 Å². The molecule has 0 bridgehead atoms. The first-order valence-electron chi connectivity index (χ1n) is 8.80. The lowest BCUT2D eigenvalue weighted by Crippen LogP contribution is -2.44. The Morgan fingerprint density at radius 1 is 1.46 bits per heavy atom. The molecule has 0 aromatic carbocycles. The molecule has 1 aliphatic rings. The second-order valence-electron chi connectivity index (χ2n) is 6.73. The van der Waals surface area contributed by atoms with Gasteiger partial charge in [-0.05, 0) is 49.4 Å². The van der Waals surface area contributed by atoms with Crippen molar-refractivity contribution in [3.8, 4) is 11.5 Å². The zero-order chi connectivity index (χ0) is 18.1. The highest BCUT2D eigenvalue weighted by molar-refractivity contribution is 7.10. The Labute approximate surface area is 156 Å². The van der Waals surface area contributed by atoms with Gasteiger partial charge in [-0.2, -0.15) is 5.10 Å². The smallest absolute Gasteiger partial charge is 0.271 e. The number of aryl methyl sites for hydroxylation is 1. The number of thiophene rings is 1. The number of hydrogen-bond donors (Lipinski definition) is 2. The number of rotatable bonds is 5. The maximum atomic E-state index is 12.4. The van der Waals surface area contributed by atoms with Gasteiger partial charge in [0.2, 0.25) is 0 Å². The number of hydrogen-bond acceptors (Lipinski definition) is 5. The molecule has 136 valence electrons. The molecule has 26 heavy (non-hydrogen) atoms. The van der Waals surface area contributed by atoms with Crippen LogP contribution >= 0.6 is 11.3 Å². The molecule has 0 fully saturated rings. The maximum Gasteiger partial charge on any atom is 0.271 e. The van der Waals surface area contributed by atoms with E-state index in [4.69, 9.17) is 4.42 Å². The number of fused-ring (bicyclic) bond motifs is 1. The number of carbonyl (C=O) groups is 1. The van der Waals surface area contributed by atoms with Crippen molar-refractivity contribution in [1.82, 2.24) is 20.4 Å². The monoisotopic (exact) mass is 370 g/mol. The molecule has 0 aliphatic carbocycles. The first-order chi connectivity index (χ1) is 12.6. The number of aromatic nitrogens is 2. The average Bonchev–Trinajstić information content (AvgIpc) is 3.38. The minimum absolute atomic E-state index is 0.171.